The summed E-state index contributed by atoms with van der Waals surface area (Å²) in [6.07, 6.45) is 1.27. The van der Waals surface area contributed by atoms with E-state index in [0.717, 1.165) is 32.8 Å². The highest BCUT2D eigenvalue weighted by atomic mass is 16.5. The lowest BCUT2D eigenvalue weighted by molar-refractivity contribution is 0.0312. The van der Waals surface area contributed by atoms with Gasteiger partial charge in [-0.15, -0.1) is 0 Å². The maximum absolute atomic E-state index is 5.38. The van der Waals surface area contributed by atoms with Crippen molar-refractivity contribution >= 4 is 0 Å². The van der Waals surface area contributed by atoms with Crippen molar-refractivity contribution in [3.63, 3.8) is 0 Å². The molecule has 2 heterocycles. The van der Waals surface area contributed by atoms with Crippen LogP contribution in [0.2, 0.25) is 0 Å². The summed E-state index contributed by atoms with van der Waals surface area (Å²) in [5.41, 5.74) is 0. The summed E-state index contributed by atoms with van der Waals surface area (Å²) in [5, 5.41) is 3.57. The molecule has 4 heteroatoms. The van der Waals surface area contributed by atoms with Crippen molar-refractivity contribution < 1.29 is 4.74 Å². The van der Waals surface area contributed by atoms with Crippen LogP contribution in [0.5, 0.6) is 0 Å². The molecule has 0 aromatic rings. The van der Waals surface area contributed by atoms with Crippen LogP contribution in [-0.4, -0.2) is 74.4 Å². The van der Waals surface area contributed by atoms with Gasteiger partial charge in [-0.2, -0.15) is 0 Å². The molecule has 0 bridgehead atoms. The molecule has 1 N–H and O–H groups in total. The van der Waals surface area contributed by atoms with Gasteiger partial charge in [-0.05, 0) is 26.8 Å². The van der Waals surface area contributed by atoms with Gasteiger partial charge in [0.05, 0.1) is 13.2 Å². The minimum Gasteiger partial charge on any atom is -0.379 e. The van der Waals surface area contributed by atoms with Gasteiger partial charge in [0.2, 0.25) is 0 Å². The number of morpholine rings is 1. The second-order valence-electron chi connectivity index (χ2n) is 5.44. The molecule has 2 saturated heterocycles. The van der Waals surface area contributed by atoms with Crippen LogP contribution in [0.15, 0.2) is 0 Å². The van der Waals surface area contributed by atoms with Gasteiger partial charge in [-0.25, -0.2) is 0 Å². The van der Waals surface area contributed by atoms with Crippen molar-refractivity contribution in [3.8, 4) is 0 Å². The van der Waals surface area contributed by atoms with Crippen LogP contribution in [0, 0.1) is 0 Å². The van der Waals surface area contributed by atoms with E-state index in [2.05, 4.69) is 29.0 Å². The Labute approximate surface area is 105 Å². The number of nitrogens with zero attached hydrogens (tertiary/aromatic N) is 2. The van der Waals surface area contributed by atoms with Gasteiger partial charge in [-0.3, -0.25) is 9.80 Å². The van der Waals surface area contributed by atoms with Crippen molar-refractivity contribution in [2.24, 2.45) is 0 Å². The second-order valence-corrected chi connectivity index (χ2v) is 5.44. The Hall–Kier alpha value is -0.160. The van der Waals surface area contributed by atoms with Crippen LogP contribution < -0.4 is 5.32 Å². The van der Waals surface area contributed by atoms with Crippen molar-refractivity contribution in [1.29, 1.82) is 0 Å². The van der Waals surface area contributed by atoms with E-state index in [4.69, 9.17) is 4.74 Å². The van der Waals surface area contributed by atoms with E-state index < -0.39 is 0 Å². The second kappa shape index (κ2) is 6.69. The molecule has 100 valence electrons. The lowest BCUT2D eigenvalue weighted by atomic mass is 10.2. The van der Waals surface area contributed by atoms with E-state index in [9.17, 15) is 0 Å². The smallest absolute Gasteiger partial charge is 0.0594 e. The lowest BCUT2D eigenvalue weighted by Crippen LogP contribution is -2.45. The maximum Gasteiger partial charge on any atom is 0.0594 e. The van der Waals surface area contributed by atoms with Crippen LogP contribution in [0.3, 0.4) is 0 Å². The number of hydrogen-bond donors (Lipinski definition) is 1. The monoisotopic (exact) mass is 241 g/mol. The minimum absolute atomic E-state index is 0.629. The largest absolute Gasteiger partial charge is 0.379 e. The summed E-state index contributed by atoms with van der Waals surface area (Å²) in [7, 11) is 0. The number of ether oxygens (including phenoxy) is 1. The highest BCUT2D eigenvalue weighted by Crippen LogP contribution is 2.09. The summed E-state index contributed by atoms with van der Waals surface area (Å²) >= 11 is 0. The van der Waals surface area contributed by atoms with Gasteiger partial charge >= 0.3 is 0 Å². The summed E-state index contributed by atoms with van der Waals surface area (Å²) in [6, 6.07) is 1.35. The molecule has 4 nitrogen and oxygen atoms in total. The number of rotatable bonds is 3. The van der Waals surface area contributed by atoms with Crippen molar-refractivity contribution in [3.05, 3.63) is 0 Å². The highest BCUT2D eigenvalue weighted by Gasteiger charge is 2.21. The Bertz CT molecular complexity index is 219. The summed E-state index contributed by atoms with van der Waals surface area (Å²) in [4.78, 5) is 5.17. The van der Waals surface area contributed by atoms with Crippen LogP contribution >= 0.6 is 0 Å². The fraction of sp³-hybridized carbons (Fsp3) is 1.00. The highest BCUT2D eigenvalue weighted by molar-refractivity contribution is 4.79. The molecule has 0 aliphatic carbocycles. The molecule has 17 heavy (non-hydrogen) atoms. The molecule has 0 radical (unpaired) electrons. The van der Waals surface area contributed by atoms with Gasteiger partial charge < -0.3 is 10.1 Å². The fourth-order valence-corrected chi connectivity index (χ4v) is 2.72. The van der Waals surface area contributed by atoms with Gasteiger partial charge in [0.15, 0.2) is 0 Å². The first-order valence-corrected chi connectivity index (χ1v) is 7.03. The minimum atomic E-state index is 0.629. The van der Waals surface area contributed by atoms with Crippen LogP contribution in [0.25, 0.3) is 0 Å². The molecule has 2 atom stereocenters. The first kappa shape index (κ1) is 13.3. The third-order valence-corrected chi connectivity index (χ3v) is 3.99. The lowest BCUT2D eigenvalue weighted by Gasteiger charge is -2.32. The molecule has 0 spiro atoms. The van der Waals surface area contributed by atoms with Crippen LogP contribution in [0.1, 0.15) is 20.3 Å². The third kappa shape index (κ3) is 4.21. The van der Waals surface area contributed by atoms with E-state index in [-0.39, 0.29) is 0 Å². The Kier molecular flexibility index (Phi) is 5.22. The fourth-order valence-electron chi connectivity index (χ4n) is 2.72. The Morgan fingerprint density at radius 1 is 1.18 bits per heavy atom. The molecule has 0 amide bonds. The van der Waals surface area contributed by atoms with E-state index in [1.54, 1.807) is 0 Å². The Morgan fingerprint density at radius 3 is 2.71 bits per heavy atom. The zero-order valence-electron chi connectivity index (χ0n) is 11.3. The topological polar surface area (TPSA) is 27.7 Å². The van der Waals surface area contributed by atoms with Gasteiger partial charge in [0.1, 0.15) is 0 Å². The third-order valence-electron chi connectivity index (χ3n) is 3.99. The molecule has 2 fully saturated rings. The maximum atomic E-state index is 5.38. The average molecular weight is 241 g/mol. The molecule has 0 aromatic carbocycles. The Morgan fingerprint density at radius 2 is 1.94 bits per heavy atom. The van der Waals surface area contributed by atoms with Gasteiger partial charge in [-0.1, -0.05) is 0 Å². The van der Waals surface area contributed by atoms with Crippen LogP contribution in [0.4, 0.5) is 0 Å². The van der Waals surface area contributed by atoms with Gasteiger partial charge in [0, 0.05) is 44.8 Å². The van der Waals surface area contributed by atoms with E-state index in [1.165, 1.54) is 26.1 Å². The summed E-state index contributed by atoms with van der Waals surface area (Å²) < 4.78 is 5.38. The quantitative estimate of drug-likeness (QED) is 0.774. The molecule has 2 aliphatic rings. The summed E-state index contributed by atoms with van der Waals surface area (Å²) in [5.74, 6) is 0. The standard InChI is InChI=1S/C13H27N3O/c1-12-11-16(13(2)3-4-14-12)6-5-15-7-9-17-10-8-15/h12-14H,3-11H2,1-2H3. The predicted molar refractivity (Wildman–Crippen MR) is 70.4 cm³/mol. The first-order valence-electron chi connectivity index (χ1n) is 7.03. The van der Waals surface area contributed by atoms with Crippen molar-refractivity contribution in [1.82, 2.24) is 15.1 Å². The molecular formula is C13H27N3O. The number of hydrogen-bond acceptors (Lipinski definition) is 4. The SMILES string of the molecule is CC1CN(CCN2CCOCC2)C(C)CCN1. The zero-order chi connectivity index (χ0) is 12.1. The molecule has 2 rings (SSSR count). The summed E-state index contributed by atoms with van der Waals surface area (Å²) in [6.45, 7) is 13.4. The molecule has 2 aliphatic heterocycles. The van der Waals surface area contributed by atoms with E-state index >= 15 is 0 Å². The van der Waals surface area contributed by atoms with E-state index in [1.807, 2.05) is 0 Å². The van der Waals surface area contributed by atoms with E-state index in [0.29, 0.717) is 12.1 Å². The zero-order valence-corrected chi connectivity index (χ0v) is 11.3. The Balaban J connectivity index is 1.75. The van der Waals surface area contributed by atoms with Crippen molar-refractivity contribution in [2.45, 2.75) is 32.4 Å². The van der Waals surface area contributed by atoms with Gasteiger partial charge in [0.25, 0.3) is 0 Å². The molecular weight excluding hydrogens is 214 g/mol. The molecule has 2 unspecified atom stereocenters. The molecule has 0 aromatic heterocycles. The van der Waals surface area contributed by atoms with Crippen molar-refractivity contribution in [2.75, 3.05) is 52.5 Å². The normalized spacial score (nSPS) is 33.5. The predicted octanol–water partition coefficient (Wildman–Crippen LogP) is 0.391. The number of nitrogens with one attached hydrogen (secondary N) is 1. The molecule has 0 saturated carbocycles. The first-order chi connectivity index (χ1) is 8.25. The van der Waals surface area contributed by atoms with Crippen LogP contribution in [-0.2, 0) is 4.74 Å². The average Bonchev–Trinajstić information content (AvgIpc) is 2.50.